The predicted octanol–water partition coefficient (Wildman–Crippen LogP) is 3.02. The van der Waals surface area contributed by atoms with Crippen LogP contribution in [0.15, 0.2) is 40.2 Å². The van der Waals surface area contributed by atoms with Gasteiger partial charge in [0.15, 0.2) is 12.4 Å². The maximum absolute atomic E-state index is 10.5. The van der Waals surface area contributed by atoms with Crippen molar-refractivity contribution in [1.29, 1.82) is 0 Å². The number of benzene rings is 1. The number of carbonyl (C=O) groups is 1. The first-order valence-corrected chi connectivity index (χ1v) is 6.40. The van der Waals surface area contributed by atoms with E-state index in [1.54, 1.807) is 23.5 Å². The molecule has 0 aliphatic rings. The number of carboxylic acids is 1. The van der Waals surface area contributed by atoms with Crippen LogP contribution in [0.2, 0.25) is 0 Å². The Hall–Kier alpha value is -2.34. The number of hydrogen-bond acceptors (Lipinski definition) is 5. The number of carboxylic acid groups (broad SMARTS) is 1. The lowest BCUT2D eigenvalue weighted by atomic mass is 10.2. The quantitative estimate of drug-likeness (QED) is 0.792. The van der Waals surface area contributed by atoms with Gasteiger partial charge < -0.3 is 14.4 Å². The summed E-state index contributed by atoms with van der Waals surface area (Å²) in [7, 11) is 0. The van der Waals surface area contributed by atoms with E-state index in [1.807, 2.05) is 23.6 Å². The Kier molecular flexibility index (Phi) is 2.92. The van der Waals surface area contributed by atoms with Crippen LogP contribution in [-0.2, 0) is 4.79 Å². The molecule has 1 aromatic carbocycles. The van der Waals surface area contributed by atoms with Gasteiger partial charge in [-0.2, -0.15) is 0 Å². The SMILES string of the molecule is O=C(O)COc1cccc2c(-c3cccs3)noc12. The second kappa shape index (κ2) is 4.74. The molecule has 0 saturated heterocycles. The molecule has 3 rings (SSSR count). The van der Waals surface area contributed by atoms with Gasteiger partial charge in [0, 0.05) is 0 Å². The van der Waals surface area contributed by atoms with Crippen molar-refractivity contribution in [2.45, 2.75) is 0 Å². The Morgan fingerprint density at radius 3 is 3.00 bits per heavy atom. The molecule has 0 spiro atoms. The minimum absolute atomic E-state index is 0.384. The summed E-state index contributed by atoms with van der Waals surface area (Å²) in [5.41, 5.74) is 1.21. The molecule has 0 fully saturated rings. The van der Waals surface area contributed by atoms with Gasteiger partial charge in [0.05, 0.1) is 10.3 Å². The summed E-state index contributed by atoms with van der Waals surface area (Å²) in [6.45, 7) is -0.409. The standard InChI is InChI=1S/C13H9NO4S/c15-11(16)7-17-9-4-1-3-8-12(14-18-13(8)9)10-5-2-6-19-10/h1-6H,7H2,(H,15,16). The van der Waals surface area contributed by atoms with E-state index in [1.165, 1.54) is 0 Å². The van der Waals surface area contributed by atoms with E-state index in [0.717, 1.165) is 16.0 Å². The third-order valence-electron chi connectivity index (χ3n) is 2.57. The zero-order valence-corrected chi connectivity index (χ0v) is 10.5. The largest absolute Gasteiger partial charge is 0.479 e. The molecule has 0 saturated carbocycles. The van der Waals surface area contributed by atoms with Crippen molar-refractivity contribution in [1.82, 2.24) is 5.16 Å². The minimum atomic E-state index is -1.03. The van der Waals surface area contributed by atoms with Crippen LogP contribution in [0.1, 0.15) is 0 Å². The molecule has 2 heterocycles. The van der Waals surface area contributed by atoms with Gasteiger partial charge >= 0.3 is 5.97 Å². The average molecular weight is 275 g/mol. The third kappa shape index (κ3) is 2.17. The van der Waals surface area contributed by atoms with Crippen LogP contribution in [0, 0.1) is 0 Å². The number of rotatable bonds is 4. The Labute approximate surface area is 112 Å². The van der Waals surface area contributed by atoms with Crippen molar-refractivity contribution in [3.8, 4) is 16.3 Å². The summed E-state index contributed by atoms with van der Waals surface area (Å²) in [6.07, 6.45) is 0. The van der Waals surface area contributed by atoms with E-state index in [-0.39, 0.29) is 0 Å². The maximum Gasteiger partial charge on any atom is 0.341 e. The number of aliphatic carboxylic acids is 1. The zero-order chi connectivity index (χ0) is 13.2. The lowest BCUT2D eigenvalue weighted by Gasteiger charge is -2.02. The molecule has 19 heavy (non-hydrogen) atoms. The van der Waals surface area contributed by atoms with Crippen LogP contribution in [0.4, 0.5) is 0 Å². The normalized spacial score (nSPS) is 10.7. The number of hydrogen-bond donors (Lipinski definition) is 1. The van der Waals surface area contributed by atoms with Gasteiger partial charge in [0.2, 0.25) is 5.58 Å². The highest BCUT2D eigenvalue weighted by Gasteiger charge is 2.15. The highest BCUT2D eigenvalue weighted by atomic mass is 32.1. The molecule has 2 aromatic heterocycles. The third-order valence-corrected chi connectivity index (χ3v) is 3.44. The molecule has 0 unspecified atom stereocenters. The predicted molar refractivity (Wildman–Crippen MR) is 70.5 cm³/mol. The van der Waals surface area contributed by atoms with Crippen LogP contribution in [-0.4, -0.2) is 22.8 Å². The molecule has 0 aliphatic heterocycles. The van der Waals surface area contributed by atoms with Gasteiger partial charge in [-0.15, -0.1) is 11.3 Å². The Morgan fingerprint density at radius 2 is 2.26 bits per heavy atom. The van der Waals surface area contributed by atoms with E-state index >= 15 is 0 Å². The van der Waals surface area contributed by atoms with Crippen LogP contribution < -0.4 is 4.74 Å². The van der Waals surface area contributed by atoms with E-state index in [2.05, 4.69) is 5.16 Å². The van der Waals surface area contributed by atoms with E-state index < -0.39 is 12.6 Å². The first-order valence-electron chi connectivity index (χ1n) is 5.52. The second-order valence-electron chi connectivity index (χ2n) is 3.82. The molecule has 0 bridgehead atoms. The highest BCUT2D eigenvalue weighted by Crippen LogP contribution is 2.35. The topological polar surface area (TPSA) is 72.6 Å². The number of nitrogens with zero attached hydrogens (tertiary/aromatic N) is 1. The van der Waals surface area contributed by atoms with Gasteiger partial charge in [0.1, 0.15) is 5.69 Å². The molecule has 1 N–H and O–H groups in total. The molecule has 0 atom stereocenters. The first kappa shape index (κ1) is 11.7. The monoisotopic (exact) mass is 275 g/mol. The minimum Gasteiger partial charge on any atom is -0.479 e. The summed E-state index contributed by atoms with van der Waals surface area (Å²) >= 11 is 1.56. The van der Waals surface area contributed by atoms with Crippen molar-refractivity contribution in [3.05, 3.63) is 35.7 Å². The Bertz CT molecular complexity index is 717. The molecule has 0 aliphatic carbocycles. The molecule has 0 amide bonds. The second-order valence-corrected chi connectivity index (χ2v) is 4.77. The first-order chi connectivity index (χ1) is 9.25. The van der Waals surface area contributed by atoms with E-state index in [4.69, 9.17) is 14.4 Å². The summed E-state index contributed by atoms with van der Waals surface area (Å²) in [6, 6.07) is 9.20. The van der Waals surface area contributed by atoms with Crippen molar-refractivity contribution in [3.63, 3.8) is 0 Å². The summed E-state index contributed by atoms with van der Waals surface area (Å²) in [5, 5.41) is 15.4. The lowest BCUT2D eigenvalue weighted by Crippen LogP contribution is -2.09. The molecule has 6 heteroatoms. The van der Waals surface area contributed by atoms with Crippen LogP contribution in [0.25, 0.3) is 21.5 Å². The van der Waals surface area contributed by atoms with Gasteiger partial charge in [-0.3, -0.25) is 0 Å². The summed E-state index contributed by atoms with van der Waals surface area (Å²) < 4.78 is 10.5. The zero-order valence-electron chi connectivity index (χ0n) is 9.70. The molecular weight excluding hydrogens is 266 g/mol. The summed E-state index contributed by atoms with van der Waals surface area (Å²) in [5.74, 6) is -0.648. The van der Waals surface area contributed by atoms with Gasteiger partial charge in [-0.1, -0.05) is 17.3 Å². The number of thiophene rings is 1. The van der Waals surface area contributed by atoms with Crippen molar-refractivity contribution < 1.29 is 19.2 Å². The van der Waals surface area contributed by atoms with E-state index in [0.29, 0.717) is 11.3 Å². The van der Waals surface area contributed by atoms with Crippen molar-refractivity contribution >= 4 is 28.3 Å². The van der Waals surface area contributed by atoms with Crippen molar-refractivity contribution in [2.24, 2.45) is 0 Å². The number of ether oxygens (including phenoxy) is 1. The van der Waals surface area contributed by atoms with Crippen LogP contribution in [0.3, 0.4) is 0 Å². The fourth-order valence-corrected chi connectivity index (χ4v) is 2.50. The number of fused-ring (bicyclic) bond motifs is 1. The average Bonchev–Trinajstić information content (AvgIpc) is 3.04. The Morgan fingerprint density at radius 1 is 1.37 bits per heavy atom. The Balaban J connectivity index is 2.05. The van der Waals surface area contributed by atoms with E-state index in [9.17, 15) is 4.79 Å². The fourth-order valence-electron chi connectivity index (χ4n) is 1.78. The number of para-hydroxylation sites is 1. The fraction of sp³-hybridized carbons (Fsp3) is 0.0769. The molecule has 0 radical (unpaired) electrons. The van der Waals surface area contributed by atoms with Gasteiger partial charge in [-0.05, 0) is 23.6 Å². The van der Waals surface area contributed by atoms with Gasteiger partial charge in [0.25, 0.3) is 0 Å². The van der Waals surface area contributed by atoms with Crippen molar-refractivity contribution in [2.75, 3.05) is 6.61 Å². The maximum atomic E-state index is 10.5. The number of aromatic nitrogens is 1. The van der Waals surface area contributed by atoms with Gasteiger partial charge in [-0.25, -0.2) is 4.79 Å². The smallest absolute Gasteiger partial charge is 0.341 e. The molecular formula is C13H9NO4S. The lowest BCUT2D eigenvalue weighted by molar-refractivity contribution is -0.139. The molecule has 5 nitrogen and oxygen atoms in total. The molecule has 3 aromatic rings. The molecule has 96 valence electrons. The summed E-state index contributed by atoms with van der Waals surface area (Å²) in [4.78, 5) is 11.5. The highest BCUT2D eigenvalue weighted by molar-refractivity contribution is 7.13. The van der Waals surface area contributed by atoms with Crippen LogP contribution in [0.5, 0.6) is 5.75 Å². The van der Waals surface area contributed by atoms with Crippen LogP contribution >= 0.6 is 11.3 Å².